The Morgan fingerprint density at radius 3 is 2.52 bits per heavy atom. The fraction of sp³-hybridized carbons (Fsp3) is 0.333. The van der Waals surface area contributed by atoms with Gasteiger partial charge in [-0.2, -0.15) is 10.4 Å². The van der Waals surface area contributed by atoms with Gasteiger partial charge in [-0.05, 0) is 44.9 Å². The van der Waals surface area contributed by atoms with E-state index in [1.165, 1.54) is 0 Å². The summed E-state index contributed by atoms with van der Waals surface area (Å²) in [5.74, 6) is 0.397. The molecule has 1 aliphatic heterocycles. The molecule has 1 aromatic carbocycles. The van der Waals surface area contributed by atoms with Gasteiger partial charge in [0, 0.05) is 0 Å². The third-order valence-corrected chi connectivity index (χ3v) is 5.01. The van der Waals surface area contributed by atoms with Crippen molar-refractivity contribution < 1.29 is 4.74 Å². The highest BCUT2D eigenvalue weighted by Crippen LogP contribution is 2.45. The van der Waals surface area contributed by atoms with Crippen molar-refractivity contribution >= 4 is 0 Å². The van der Waals surface area contributed by atoms with E-state index in [9.17, 15) is 5.26 Å². The highest BCUT2D eigenvalue weighted by atomic mass is 16.5. The number of nitriles is 1. The van der Waals surface area contributed by atoms with E-state index < -0.39 is 0 Å². The Labute approximate surface area is 169 Å². The van der Waals surface area contributed by atoms with Crippen LogP contribution in [0.15, 0.2) is 48.1 Å². The van der Waals surface area contributed by atoms with Gasteiger partial charge >= 0.3 is 0 Å². The molecule has 0 fully saturated rings. The Bertz CT molecular complexity index is 1110. The number of nitrogens with zero attached hydrogens (tertiary/aromatic N) is 6. The summed E-state index contributed by atoms with van der Waals surface area (Å²) in [5, 5.41) is 22.5. The quantitative estimate of drug-likeness (QED) is 0.738. The zero-order chi connectivity index (χ0) is 20.8. The normalized spacial score (nSPS) is 16.3. The summed E-state index contributed by atoms with van der Waals surface area (Å²) >= 11 is 0. The molecular formula is C21H23N7O. The molecule has 0 spiro atoms. The molecule has 4 rings (SSSR count). The second-order valence-corrected chi connectivity index (χ2v) is 7.97. The van der Waals surface area contributed by atoms with Crippen LogP contribution in [0.25, 0.3) is 5.69 Å². The zero-order valence-electron chi connectivity index (χ0n) is 16.9. The van der Waals surface area contributed by atoms with Crippen molar-refractivity contribution in [1.82, 2.24) is 24.8 Å². The van der Waals surface area contributed by atoms with Crippen molar-refractivity contribution in [3.05, 3.63) is 64.9 Å². The molecule has 1 atom stereocenters. The maximum atomic E-state index is 9.84. The van der Waals surface area contributed by atoms with Crippen LogP contribution < -0.4 is 10.5 Å². The lowest BCUT2D eigenvalue weighted by Gasteiger charge is -2.28. The monoisotopic (exact) mass is 389 g/mol. The summed E-state index contributed by atoms with van der Waals surface area (Å²) in [6.45, 7) is 8.23. The minimum Gasteiger partial charge on any atom is -0.422 e. The smallest absolute Gasteiger partial charge is 0.224 e. The van der Waals surface area contributed by atoms with E-state index in [1.807, 2.05) is 35.9 Å². The van der Waals surface area contributed by atoms with Crippen LogP contribution in [0.5, 0.6) is 5.88 Å². The summed E-state index contributed by atoms with van der Waals surface area (Å²) in [6.07, 6.45) is 4.13. The van der Waals surface area contributed by atoms with Crippen molar-refractivity contribution in [1.29, 1.82) is 5.26 Å². The van der Waals surface area contributed by atoms with Crippen molar-refractivity contribution in [3.63, 3.8) is 0 Å². The molecule has 8 heteroatoms. The Balaban J connectivity index is 1.89. The molecule has 2 N–H and O–H groups in total. The topological polar surface area (TPSA) is 108 Å². The number of allylic oxidation sites excluding steroid dienone is 1. The fourth-order valence-corrected chi connectivity index (χ4v) is 3.63. The van der Waals surface area contributed by atoms with Gasteiger partial charge in [-0.25, -0.2) is 9.36 Å². The molecule has 148 valence electrons. The van der Waals surface area contributed by atoms with Gasteiger partial charge in [-0.15, -0.1) is 5.10 Å². The third kappa shape index (κ3) is 3.05. The van der Waals surface area contributed by atoms with Gasteiger partial charge in [0.25, 0.3) is 0 Å². The van der Waals surface area contributed by atoms with Crippen LogP contribution in [0.2, 0.25) is 0 Å². The van der Waals surface area contributed by atoms with Crippen LogP contribution in [0.1, 0.15) is 50.4 Å². The summed E-state index contributed by atoms with van der Waals surface area (Å²) in [5.41, 5.74) is 9.92. The highest BCUT2D eigenvalue weighted by molar-refractivity contribution is 5.56. The van der Waals surface area contributed by atoms with Gasteiger partial charge in [0.15, 0.2) is 0 Å². The Morgan fingerprint density at radius 2 is 1.97 bits per heavy atom. The predicted octanol–water partition coefficient (Wildman–Crippen LogP) is 3.00. The Kier molecular flexibility index (Phi) is 4.38. The number of aryl methyl sites for hydroxylation is 1. The van der Waals surface area contributed by atoms with E-state index in [0.29, 0.717) is 11.5 Å². The van der Waals surface area contributed by atoms with Crippen LogP contribution in [-0.2, 0) is 12.0 Å². The predicted molar refractivity (Wildman–Crippen MR) is 107 cm³/mol. The van der Waals surface area contributed by atoms with E-state index in [-0.39, 0.29) is 17.3 Å². The van der Waals surface area contributed by atoms with E-state index in [2.05, 4.69) is 37.2 Å². The number of nitrogens with two attached hydrogens (primary N) is 1. The molecule has 1 unspecified atom stereocenters. The van der Waals surface area contributed by atoms with Gasteiger partial charge in [0.1, 0.15) is 11.6 Å². The number of benzene rings is 1. The standard InChI is InChI=1S/C21H23N7O/c1-5-16-18-17(13-6-8-14(9-7-13)27-11-10-24-26-27)15(12-22)19(23)29-20(18)28(25-16)21(2,3)4/h6-11,17H,5,23H2,1-4H3. The summed E-state index contributed by atoms with van der Waals surface area (Å²) in [6, 6.07) is 10.1. The molecule has 0 amide bonds. The van der Waals surface area contributed by atoms with Crippen molar-refractivity contribution in [2.24, 2.45) is 5.73 Å². The van der Waals surface area contributed by atoms with Crippen molar-refractivity contribution in [3.8, 4) is 17.6 Å². The van der Waals surface area contributed by atoms with Crippen molar-refractivity contribution in [2.45, 2.75) is 45.6 Å². The van der Waals surface area contributed by atoms with E-state index in [0.717, 1.165) is 28.9 Å². The second kappa shape index (κ2) is 6.78. The Morgan fingerprint density at radius 1 is 1.24 bits per heavy atom. The second-order valence-electron chi connectivity index (χ2n) is 7.97. The first-order valence-corrected chi connectivity index (χ1v) is 9.51. The van der Waals surface area contributed by atoms with E-state index in [1.54, 1.807) is 17.1 Å². The van der Waals surface area contributed by atoms with E-state index >= 15 is 0 Å². The molecule has 0 radical (unpaired) electrons. The number of aromatic nitrogens is 5. The van der Waals surface area contributed by atoms with Crippen LogP contribution in [0.3, 0.4) is 0 Å². The molecule has 0 bridgehead atoms. The molecular weight excluding hydrogens is 366 g/mol. The molecule has 3 heterocycles. The average Bonchev–Trinajstić information content (AvgIpc) is 3.34. The van der Waals surface area contributed by atoms with Gasteiger partial charge in [0.2, 0.25) is 11.8 Å². The largest absolute Gasteiger partial charge is 0.422 e. The summed E-state index contributed by atoms with van der Waals surface area (Å²) in [4.78, 5) is 0. The zero-order valence-corrected chi connectivity index (χ0v) is 16.9. The molecule has 0 aliphatic carbocycles. The lowest BCUT2D eigenvalue weighted by atomic mass is 9.83. The molecule has 29 heavy (non-hydrogen) atoms. The average molecular weight is 389 g/mol. The maximum Gasteiger partial charge on any atom is 0.224 e. The van der Waals surface area contributed by atoms with Gasteiger partial charge in [-0.1, -0.05) is 24.3 Å². The molecule has 8 nitrogen and oxygen atoms in total. The summed E-state index contributed by atoms with van der Waals surface area (Å²) < 4.78 is 9.47. The molecule has 3 aromatic rings. The van der Waals surface area contributed by atoms with Gasteiger partial charge < -0.3 is 10.5 Å². The van der Waals surface area contributed by atoms with Gasteiger partial charge in [0.05, 0.1) is 40.8 Å². The molecule has 1 aliphatic rings. The minimum atomic E-state index is -0.334. The van der Waals surface area contributed by atoms with Crippen molar-refractivity contribution in [2.75, 3.05) is 0 Å². The number of fused-ring (bicyclic) bond motifs is 1. The first kappa shape index (κ1) is 18.7. The first-order chi connectivity index (χ1) is 13.8. The van der Waals surface area contributed by atoms with Crippen LogP contribution in [0, 0.1) is 11.3 Å². The molecule has 0 saturated carbocycles. The Hall–Kier alpha value is -3.60. The van der Waals surface area contributed by atoms with Crippen LogP contribution in [0.4, 0.5) is 0 Å². The lowest BCUT2D eigenvalue weighted by Crippen LogP contribution is -2.27. The number of hydrogen-bond donors (Lipinski definition) is 1. The van der Waals surface area contributed by atoms with E-state index in [4.69, 9.17) is 15.6 Å². The SMILES string of the molecule is CCc1nn(C(C)(C)C)c2c1C(c1ccc(-n3ccnn3)cc1)C(C#N)=C(N)O2. The number of ether oxygens (including phenoxy) is 1. The molecule has 2 aromatic heterocycles. The molecule has 0 saturated heterocycles. The van der Waals surface area contributed by atoms with Crippen LogP contribution >= 0.6 is 0 Å². The number of hydrogen-bond acceptors (Lipinski definition) is 6. The number of rotatable bonds is 3. The van der Waals surface area contributed by atoms with Gasteiger partial charge in [-0.3, -0.25) is 0 Å². The van der Waals surface area contributed by atoms with Crippen LogP contribution in [-0.4, -0.2) is 24.8 Å². The third-order valence-electron chi connectivity index (χ3n) is 5.01. The first-order valence-electron chi connectivity index (χ1n) is 9.51. The lowest BCUT2D eigenvalue weighted by molar-refractivity contribution is 0.277. The minimum absolute atomic E-state index is 0.124. The maximum absolute atomic E-state index is 9.84. The highest BCUT2D eigenvalue weighted by Gasteiger charge is 2.38. The summed E-state index contributed by atoms with van der Waals surface area (Å²) in [7, 11) is 0. The fourth-order valence-electron chi connectivity index (χ4n) is 3.63.